The summed E-state index contributed by atoms with van der Waals surface area (Å²) in [7, 11) is 0. The van der Waals surface area contributed by atoms with Gasteiger partial charge in [0.2, 0.25) is 0 Å². The smallest absolute Gasteiger partial charge is 0.322 e. The Bertz CT molecular complexity index is 454. The summed E-state index contributed by atoms with van der Waals surface area (Å²) in [4.78, 5) is 24.0. The van der Waals surface area contributed by atoms with Crippen molar-refractivity contribution in [2.75, 3.05) is 18.4 Å². The number of anilines is 1. The third-order valence-corrected chi connectivity index (χ3v) is 2.58. The first-order chi connectivity index (χ1) is 9.06. The second kappa shape index (κ2) is 7.20. The molecule has 5 heteroatoms. The van der Waals surface area contributed by atoms with Crippen molar-refractivity contribution in [1.82, 2.24) is 4.90 Å². The van der Waals surface area contributed by atoms with Gasteiger partial charge in [-0.3, -0.25) is 4.79 Å². The zero-order chi connectivity index (χ0) is 14.3. The average molecular weight is 262 g/mol. The maximum absolute atomic E-state index is 11.9. The van der Waals surface area contributed by atoms with Crippen LogP contribution >= 0.6 is 0 Å². The molecule has 0 spiro atoms. The number of hydrogen-bond donors (Lipinski definition) is 2. The lowest BCUT2D eigenvalue weighted by molar-refractivity contribution is -0.136. The lowest BCUT2D eigenvalue weighted by Gasteiger charge is -2.19. The van der Waals surface area contributed by atoms with Crippen molar-refractivity contribution >= 4 is 17.7 Å². The van der Waals surface area contributed by atoms with Gasteiger partial charge in [0.1, 0.15) is 0 Å². The summed E-state index contributed by atoms with van der Waals surface area (Å²) in [5.74, 6) is -0.875. The molecule has 2 N–H and O–H groups in total. The maximum Gasteiger partial charge on any atom is 0.322 e. The van der Waals surface area contributed by atoms with Crippen molar-refractivity contribution in [3.05, 3.63) is 42.5 Å². The molecule has 0 aliphatic carbocycles. The number of urea groups is 1. The molecule has 0 saturated heterocycles. The second-order valence-corrected chi connectivity index (χ2v) is 4.02. The lowest BCUT2D eigenvalue weighted by atomic mass is 10.1. The van der Waals surface area contributed by atoms with Gasteiger partial charge in [0, 0.05) is 18.8 Å². The first-order valence-corrected chi connectivity index (χ1v) is 6.04. The molecular weight excluding hydrogens is 244 g/mol. The molecule has 1 aromatic carbocycles. The van der Waals surface area contributed by atoms with E-state index in [-0.39, 0.29) is 12.5 Å². The van der Waals surface area contributed by atoms with Crippen LogP contribution in [0.5, 0.6) is 0 Å². The molecule has 0 fully saturated rings. The van der Waals surface area contributed by atoms with Gasteiger partial charge in [-0.25, -0.2) is 4.79 Å². The molecule has 1 aromatic rings. The minimum Gasteiger partial charge on any atom is -0.481 e. The molecule has 19 heavy (non-hydrogen) atoms. The van der Waals surface area contributed by atoms with Crippen LogP contribution in [0.2, 0.25) is 0 Å². The highest BCUT2D eigenvalue weighted by molar-refractivity contribution is 5.89. The van der Waals surface area contributed by atoms with E-state index in [1.165, 1.54) is 0 Å². The van der Waals surface area contributed by atoms with Crippen LogP contribution in [-0.2, 0) is 11.2 Å². The number of carboxylic acids is 1. The Balaban J connectivity index is 2.64. The van der Waals surface area contributed by atoms with Gasteiger partial charge >= 0.3 is 12.0 Å². The Morgan fingerprint density at radius 3 is 2.47 bits per heavy atom. The standard InChI is InChI=1S/C14H18N2O3/c1-3-9-16(4-2)14(19)15-12-7-5-11(6-8-12)10-13(17)18/h3,5-8H,1,4,9-10H2,2H3,(H,15,19)(H,17,18). The Morgan fingerprint density at radius 1 is 1.37 bits per heavy atom. The molecule has 0 aromatic heterocycles. The van der Waals surface area contributed by atoms with Crippen LogP contribution in [-0.4, -0.2) is 35.1 Å². The van der Waals surface area contributed by atoms with Crippen LogP contribution in [0.1, 0.15) is 12.5 Å². The summed E-state index contributed by atoms with van der Waals surface area (Å²) in [6.07, 6.45) is 1.64. The summed E-state index contributed by atoms with van der Waals surface area (Å²) in [6.45, 7) is 6.57. The van der Waals surface area contributed by atoms with Gasteiger partial charge in [-0.1, -0.05) is 18.2 Å². The predicted octanol–water partition coefficient (Wildman–Crippen LogP) is 2.35. The number of nitrogens with one attached hydrogen (secondary N) is 1. The lowest BCUT2D eigenvalue weighted by Crippen LogP contribution is -2.34. The fourth-order valence-corrected chi connectivity index (χ4v) is 1.59. The average Bonchev–Trinajstić information content (AvgIpc) is 2.37. The Kier molecular flexibility index (Phi) is 5.60. The van der Waals surface area contributed by atoms with Crippen molar-refractivity contribution in [1.29, 1.82) is 0 Å². The van der Waals surface area contributed by atoms with E-state index >= 15 is 0 Å². The number of hydrogen-bond acceptors (Lipinski definition) is 2. The van der Waals surface area contributed by atoms with E-state index in [2.05, 4.69) is 11.9 Å². The summed E-state index contributed by atoms with van der Waals surface area (Å²) in [5.41, 5.74) is 1.34. The van der Waals surface area contributed by atoms with Crippen LogP contribution in [0, 0.1) is 0 Å². The van der Waals surface area contributed by atoms with Crippen molar-refractivity contribution < 1.29 is 14.7 Å². The minimum absolute atomic E-state index is 0.0220. The number of amides is 2. The van der Waals surface area contributed by atoms with E-state index < -0.39 is 5.97 Å². The number of aliphatic carboxylic acids is 1. The highest BCUT2D eigenvalue weighted by Gasteiger charge is 2.09. The number of nitrogens with zero attached hydrogens (tertiary/aromatic N) is 1. The van der Waals surface area contributed by atoms with Crippen LogP contribution in [0.3, 0.4) is 0 Å². The van der Waals surface area contributed by atoms with E-state index in [1.54, 1.807) is 35.2 Å². The van der Waals surface area contributed by atoms with Crippen molar-refractivity contribution in [3.8, 4) is 0 Å². The molecule has 0 radical (unpaired) electrons. The predicted molar refractivity (Wildman–Crippen MR) is 74.2 cm³/mol. The summed E-state index contributed by atoms with van der Waals surface area (Å²) in [5, 5.41) is 11.4. The molecule has 1 rings (SSSR count). The van der Waals surface area contributed by atoms with E-state index in [4.69, 9.17) is 5.11 Å². The van der Waals surface area contributed by atoms with Crippen LogP contribution < -0.4 is 5.32 Å². The zero-order valence-corrected chi connectivity index (χ0v) is 10.9. The first kappa shape index (κ1) is 14.8. The SMILES string of the molecule is C=CCN(CC)C(=O)Nc1ccc(CC(=O)O)cc1. The van der Waals surface area contributed by atoms with E-state index in [9.17, 15) is 9.59 Å². The molecule has 0 heterocycles. The summed E-state index contributed by atoms with van der Waals surface area (Å²) >= 11 is 0. The fourth-order valence-electron chi connectivity index (χ4n) is 1.59. The Labute approximate surface area is 112 Å². The molecule has 0 bridgehead atoms. The normalized spacial score (nSPS) is 9.74. The van der Waals surface area contributed by atoms with Gasteiger partial charge < -0.3 is 15.3 Å². The van der Waals surface area contributed by atoms with Gasteiger partial charge in [0.25, 0.3) is 0 Å². The maximum atomic E-state index is 11.9. The number of benzene rings is 1. The zero-order valence-electron chi connectivity index (χ0n) is 10.9. The van der Waals surface area contributed by atoms with Gasteiger partial charge in [-0.2, -0.15) is 0 Å². The molecule has 2 amide bonds. The van der Waals surface area contributed by atoms with E-state index in [1.807, 2.05) is 6.92 Å². The number of carbonyl (C=O) groups is 2. The molecule has 5 nitrogen and oxygen atoms in total. The molecule has 0 saturated carbocycles. The first-order valence-electron chi connectivity index (χ1n) is 6.04. The van der Waals surface area contributed by atoms with Gasteiger partial charge in [0.15, 0.2) is 0 Å². The molecule has 0 unspecified atom stereocenters. The van der Waals surface area contributed by atoms with Gasteiger partial charge in [-0.05, 0) is 24.6 Å². The van der Waals surface area contributed by atoms with E-state index in [0.717, 1.165) is 0 Å². The Morgan fingerprint density at radius 2 is 2.00 bits per heavy atom. The molecule has 0 atom stereocenters. The number of carboxylic acid groups (broad SMARTS) is 1. The molecular formula is C14H18N2O3. The third-order valence-electron chi connectivity index (χ3n) is 2.58. The number of likely N-dealkylation sites (N-methyl/N-ethyl adjacent to an activating group) is 1. The number of rotatable bonds is 6. The van der Waals surface area contributed by atoms with Gasteiger partial charge in [0.05, 0.1) is 6.42 Å². The van der Waals surface area contributed by atoms with Crippen molar-refractivity contribution in [3.63, 3.8) is 0 Å². The quantitative estimate of drug-likeness (QED) is 0.773. The Hall–Kier alpha value is -2.30. The second-order valence-electron chi connectivity index (χ2n) is 4.02. The molecule has 0 aliphatic heterocycles. The van der Waals surface area contributed by atoms with Crippen molar-refractivity contribution in [2.45, 2.75) is 13.3 Å². The van der Waals surface area contributed by atoms with Crippen LogP contribution in [0.25, 0.3) is 0 Å². The van der Waals surface area contributed by atoms with Crippen molar-refractivity contribution in [2.24, 2.45) is 0 Å². The topological polar surface area (TPSA) is 69.6 Å². The third kappa shape index (κ3) is 4.83. The van der Waals surface area contributed by atoms with Gasteiger partial charge in [-0.15, -0.1) is 6.58 Å². The summed E-state index contributed by atoms with van der Waals surface area (Å²) < 4.78 is 0. The largest absolute Gasteiger partial charge is 0.481 e. The van der Waals surface area contributed by atoms with Crippen LogP contribution in [0.15, 0.2) is 36.9 Å². The highest BCUT2D eigenvalue weighted by Crippen LogP contribution is 2.11. The molecule has 102 valence electrons. The minimum atomic E-state index is -0.875. The summed E-state index contributed by atoms with van der Waals surface area (Å²) in [6, 6.07) is 6.56. The fraction of sp³-hybridized carbons (Fsp3) is 0.286. The highest BCUT2D eigenvalue weighted by atomic mass is 16.4. The monoisotopic (exact) mass is 262 g/mol. The van der Waals surface area contributed by atoms with E-state index in [0.29, 0.717) is 24.3 Å². The number of carbonyl (C=O) groups excluding carboxylic acids is 1. The van der Waals surface area contributed by atoms with Crippen LogP contribution in [0.4, 0.5) is 10.5 Å². The molecule has 0 aliphatic rings.